The molecule has 2 aromatic rings. The van der Waals surface area contributed by atoms with Crippen LogP contribution in [-0.4, -0.2) is 6.04 Å². The van der Waals surface area contributed by atoms with Gasteiger partial charge in [0.05, 0.1) is 16.8 Å². The van der Waals surface area contributed by atoms with Gasteiger partial charge in [-0.1, -0.05) is 6.07 Å². The lowest BCUT2D eigenvalue weighted by Crippen LogP contribution is -2.18. The van der Waals surface area contributed by atoms with Crippen LogP contribution in [0.2, 0.25) is 0 Å². The predicted molar refractivity (Wildman–Crippen MR) is 77.3 cm³/mol. The van der Waals surface area contributed by atoms with E-state index in [1.165, 1.54) is 10.9 Å². The monoisotopic (exact) mass is 310 g/mol. The van der Waals surface area contributed by atoms with Crippen molar-refractivity contribution in [2.45, 2.75) is 25.6 Å². The molecule has 0 saturated carbocycles. The lowest BCUT2D eigenvalue weighted by molar-refractivity contribution is -0.137. The van der Waals surface area contributed by atoms with Crippen LogP contribution >= 0.6 is 11.3 Å². The predicted octanol–water partition coefficient (Wildman–Crippen LogP) is 4.68. The zero-order valence-electron chi connectivity index (χ0n) is 11.2. The normalized spacial score (nSPS) is 12.7. The van der Waals surface area contributed by atoms with E-state index in [-0.39, 0.29) is 11.6 Å². The third-order valence-corrected chi connectivity index (χ3v) is 3.86. The first-order valence-electron chi connectivity index (χ1n) is 6.30. The highest BCUT2D eigenvalue weighted by Crippen LogP contribution is 2.31. The van der Waals surface area contributed by atoms with Gasteiger partial charge in [-0.3, -0.25) is 0 Å². The van der Waals surface area contributed by atoms with Gasteiger partial charge >= 0.3 is 6.18 Å². The quantitative estimate of drug-likeness (QED) is 0.890. The van der Waals surface area contributed by atoms with E-state index in [1.807, 2.05) is 30.5 Å². The van der Waals surface area contributed by atoms with Gasteiger partial charge in [0, 0.05) is 17.3 Å². The second kappa shape index (κ2) is 6.19. The Morgan fingerprint density at radius 3 is 2.67 bits per heavy atom. The van der Waals surface area contributed by atoms with E-state index >= 15 is 0 Å². The maximum Gasteiger partial charge on any atom is 0.416 e. The van der Waals surface area contributed by atoms with Crippen molar-refractivity contribution in [2.24, 2.45) is 0 Å². The van der Waals surface area contributed by atoms with Crippen LogP contribution < -0.4 is 5.32 Å². The molecule has 6 heteroatoms. The summed E-state index contributed by atoms with van der Waals surface area (Å²) in [5, 5.41) is 14.1. The van der Waals surface area contributed by atoms with E-state index in [0.717, 1.165) is 18.6 Å². The van der Waals surface area contributed by atoms with E-state index in [4.69, 9.17) is 5.26 Å². The second-order valence-corrected chi connectivity index (χ2v) is 5.73. The molecule has 21 heavy (non-hydrogen) atoms. The number of nitrogens with one attached hydrogen (secondary N) is 1. The molecule has 0 amide bonds. The Kier molecular flexibility index (Phi) is 4.53. The number of alkyl halides is 3. The fourth-order valence-corrected chi connectivity index (χ4v) is 2.82. The number of thiophene rings is 1. The molecule has 0 spiro atoms. The Bertz CT molecular complexity index is 642. The van der Waals surface area contributed by atoms with E-state index in [2.05, 4.69) is 5.32 Å². The number of halogens is 3. The van der Waals surface area contributed by atoms with Gasteiger partial charge in [-0.15, -0.1) is 11.3 Å². The number of nitriles is 1. The summed E-state index contributed by atoms with van der Waals surface area (Å²) in [6, 6.07) is 8.96. The van der Waals surface area contributed by atoms with Gasteiger partial charge in [-0.05, 0) is 36.6 Å². The summed E-state index contributed by atoms with van der Waals surface area (Å²) < 4.78 is 37.9. The van der Waals surface area contributed by atoms with Gasteiger partial charge < -0.3 is 5.32 Å². The molecule has 0 radical (unpaired) electrons. The number of benzene rings is 1. The minimum atomic E-state index is -4.44. The van der Waals surface area contributed by atoms with Gasteiger partial charge in [0.25, 0.3) is 0 Å². The smallest absolute Gasteiger partial charge is 0.381 e. The number of nitrogens with zero attached hydrogens (tertiary/aromatic N) is 1. The van der Waals surface area contributed by atoms with Crippen LogP contribution in [0.15, 0.2) is 35.7 Å². The summed E-state index contributed by atoms with van der Waals surface area (Å²) in [7, 11) is 0. The third kappa shape index (κ3) is 3.99. The molecule has 2 rings (SSSR count). The SMILES string of the molecule is CC(Cc1cccs1)Nc1ccc(C(F)(F)F)cc1C#N. The van der Waals surface area contributed by atoms with Crippen molar-refractivity contribution >= 4 is 17.0 Å². The zero-order chi connectivity index (χ0) is 15.5. The molecule has 2 nitrogen and oxygen atoms in total. The maximum absolute atomic E-state index is 12.6. The fraction of sp³-hybridized carbons (Fsp3) is 0.267. The Morgan fingerprint density at radius 1 is 1.33 bits per heavy atom. The average Bonchev–Trinajstić information content (AvgIpc) is 2.90. The molecular formula is C15H13F3N2S. The highest BCUT2D eigenvalue weighted by molar-refractivity contribution is 7.09. The van der Waals surface area contributed by atoms with Gasteiger partial charge in [-0.2, -0.15) is 18.4 Å². The van der Waals surface area contributed by atoms with Crippen molar-refractivity contribution in [2.75, 3.05) is 5.32 Å². The molecule has 0 aliphatic heterocycles. The molecule has 0 fully saturated rings. The van der Waals surface area contributed by atoms with Crippen molar-refractivity contribution in [3.05, 3.63) is 51.7 Å². The second-order valence-electron chi connectivity index (χ2n) is 4.70. The number of hydrogen-bond acceptors (Lipinski definition) is 3. The molecule has 0 saturated heterocycles. The molecule has 110 valence electrons. The van der Waals surface area contributed by atoms with Gasteiger partial charge in [-0.25, -0.2) is 0 Å². The fourth-order valence-electron chi connectivity index (χ4n) is 1.99. The molecule has 1 N–H and O–H groups in total. The summed E-state index contributed by atoms with van der Waals surface area (Å²) in [5.41, 5.74) is -0.382. The largest absolute Gasteiger partial charge is 0.416 e. The standard InChI is InChI=1S/C15H13F3N2S/c1-10(7-13-3-2-6-21-13)20-14-5-4-12(15(16,17)18)8-11(14)9-19/h2-6,8,10,20H,7H2,1H3. The van der Waals surface area contributed by atoms with Crippen LogP contribution in [-0.2, 0) is 12.6 Å². The number of rotatable bonds is 4. The van der Waals surface area contributed by atoms with Crippen molar-refractivity contribution < 1.29 is 13.2 Å². The molecule has 1 atom stereocenters. The zero-order valence-corrected chi connectivity index (χ0v) is 12.1. The van der Waals surface area contributed by atoms with E-state index in [1.54, 1.807) is 11.3 Å². The molecule has 0 bridgehead atoms. The highest BCUT2D eigenvalue weighted by Gasteiger charge is 2.31. The minimum absolute atomic E-state index is 0.00264. The van der Waals surface area contributed by atoms with Crippen molar-refractivity contribution in [1.29, 1.82) is 5.26 Å². The topological polar surface area (TPSA) is 35.8 Å². The molecule has 0 aliphatic carbocycles. The third-order valence-electron chi connectivity index (χ3n) is 2.96. The Hall–Kier alpha value is -2.00. The van der Waals surface area contributed by atoms with Crippen LogP contribution in [0.1, 0.15) is 22.9 Å². The first-order chi connectivity index (χ1) is 9.90. The molecule has 0 aliphatic rings. The Balaban J connectivity index is 2.15. The number of anilines is 1. The molecule has 1 unspecified atom stereocenters. The maximum atomic E-state index is 12.6. The van der Waals surface area contributed by atoms with Gasteiger partial charge in [0.2, 0.25) is 0 Å². The van der Waals surface area contributed by atoms with E-state index < -0.39 is 11.7 Å². The van der Waals surface area contributed by atoms with Crippen LogP contribution in [0.25, 0.3) is 0 Å². The average molecular weight is 310 g/mol. The summed E-state index contributed by atoms with van der Waals surface area (Å²) in [6.07, 6.45) is -3.68. The number of hydrogen-bond donors (Lipinski definition) is 1. The molecular weight excluding hydrogens is 297 g/mol. The van der Waals surface area contributed by atoms with Crippen LogP contribution in [0, 0.1) is 11.3 Å². The van der Waals surface area contributed by atoms with Crippen molar-refractivity contribution in [1.82, 2.24) is 0 Å². The van der Waals surface area contributed by atoms with E-state index in [9.17, 15) is 13.2 Å². The molecule has 1 heterocycles. The van der Waals surface area contributed by atoms with E-state index in [0.29, 0.717) is 5.69 Å². The van der Waals surface area contributed by atoms with Crippen molar-refractivity contribution in [3.8, 4) is 6.07 Å². The van der Waals surface area contributed by atoms with Crippen LogP contribution in [0.4, 0.5) is 18.9 Å². The lowest BCUT2D eigenvalue weighted by Gasteiger charge is -2.16. The van der Waals surface area contributed by atoms with Crippen molar-refractivity contribution in [3.63, 3.8) is 0 Å². The van der Waals surface area contributed by atoms with Gasteiger partial charge in [0.1, 0.15) is 6.07 Å². The molecule has 1 aromatic heterocycles. The minimum Gasteiger partial charge on any atom is -0.381 e. The summed E-state index contributed by atoms with van der Waals surface area (Å²) in [6.45, 7) is 1.93. The summed E-state index contributed by atoms with van der Waals surface area (Å²) >= 11 is 1.62. The Labute approximate surface area is 124 Å². The van der Waals surface area contributed by atoms with Gasteiger partial charge in [0.15, 0.2) is 0 Å². The first kappa shape index (κ1) is 15.4. The lowest BCUT2D eigenvalue weighted by atomic mass is 10.1. The summed E-state index contributed by atoms with van der Waals surface area (Å²) in [4.78, 5) is 1.18. The molecule has 1 aromatic carbocycles. The first-order valence-corrected chi connectivity index (χ1v) is 7.18. The summed E-state index contributed by atoms with van der Waals surface area (Å²) in [5.74, 6) is 0. The van der Waals surface area contributed by atoms with Crippen LogP contribution in [0.5, 0.6) is 0 Å². The van der Waals surface area contributed by atoms with Crippen LogP contribution in [0.3, 0.4) is 0 Å². The Morgan fingerprint density at radius 2 is 2.10 bits per heavy atom. The highest BCUT2D eigenvalue weighted by atomic mass is 32.1.